The summed E-state index contributed by atoms with van der Waals surface area (Å²) in [5.41, 5.74) is 1.63. The molecule has 25 heavy (non-hydrogen) atoms. The molecule has 4 rings (SSSR count). The Balaban J connectivity index is 1.62. The van der Waals surface area contributed by atoms with Crippen LogP contribution in [-0.4, -0.2) is 36.4 Å². The smallest absolute Gasteiger partial charge is 0.331 e. The van der Waals surface area contributed by atoms with Gasteiger partial charge in [0.05, 0.1) is 12.0 Å². The average molecular weight is 346 g/mol. The van der Waals surface area contributed by atoms with Crippen LogP contribution < -0.4 is 0 Å². The van der Waals surface area contributed by atoms with Crippen molar-refractivity contribution < 1.29 is 23.8 Å². The third kappa shape index (κ3) is 2.39. The summed E-state index contributed by atoms with van der Waals surface area (Å²) in [6.07, 6.45) is 2.72. The van der Waals surface area contributed by atoms with Gasteiger partial charge >= 0.3 is 11.9 Å². The monoisotopic (exact) mass is 346 g/mol. The second-order valence-corrected chi connectivity index (χ2v) is 8.55. The number of carbonyl (C=O) groups excluding carboxylic acids is 2. The number of hydrogen-bond donors (Lipinski definition) is 0. The van der Waals surface area contributed by atoms with Crippen LogP contribution in [0.4, 0.5) is 0 Å². The molecule has 2 saturated carbocycles. The van der Waals surface area contributed by atoms with E-state index in [1.54, 1.807) is 0 Å². The van der Waals surface area contributed by atoms with Gasteiger partial charge in [-0.05, 0) is 32.3 Å². The zero-order valence-electron chi connectivity index (χ0n) is 15.3. The molecule has 0 radical (unpaired) electrons. The van der Waals surface area contributed by atoms with Crippen molar-refractivity contribution in [2.24, 2.45) is 23.2 Å². The Morgan fingerprint density at radius 2 is 2.08 bits per heavy atom. The SMILES string of the molecule is C=C1C(OC(=O)C=C(C)C)C2OC2C2(C)CCC3C(C)C(=O)OC3C12. The number of ether oxygens (including phenoxy) is 3. The van der Waals surface area contributed by atoms with Crippen LogP contribution in [0.1, 0.15) is 40.5 Å². The van der Waals surface area contributed by atoms with E-state index in [0.29, 0.717) is 0 Å². The van der Waals surface area contributed by atoms with Crippen molar-refractivity contribution in [2.45, 2.75) is 65.0 Å². The molecule has 2 saturated heterocycles. The lowest BCUT2D eigenvalue weighted by molar-refractivity contribution is -0.151. The van der Waals surface area contributed by atoms with E-state index in [2.05, 4.69) is 13.5 Å². The highest BCUT2D eigenvalue weighted by atomic mass is 16.6. The minimum atomic E-state index is -0.459. The fraction of sp³-hybridized carbons (Fsp3) is 0.700. The molecule has 0 bridgehead atoms. The van der Waals surface area contributed by atoms with Crippen LogP contribution in [0.5, 0.6) is 0 Å². The molecule has 2 aliphatic carbocycles. The molecule has 4 fully saturated rings. The van der Waals surface area contributed by atoms with Gasteiger partial charge in [0.2, 0.25) is 0 Å². The van der Waals surface area contributed by atoms with Crippen molar-refractivity contribution in [3.05, 3.63) is 23.8 Å². The Morgan fingerprint density at radius 1 is 1.36 bits per heavy atom. The van der Waals surface area contributed by atoms with Gasteiger partial charge < -0.3 is 14.2 Å². The summed E-state index contributed by atoms with van der Waals surface area (Å²) in [5.74, 6) is -0.371. The van der Waals surface area contributed by atoms with Crippen molar-refractivity contribution in [1.29, 1.82) is 0 Å². The van der Waals surface area contributed by atoms with Crippen LogP contribution in [0, 0.1) is 23.2 Å². The van der Waals surface area contributed by atoms with Crippen molar-refractivity contribution in [1.82, 2.24) is 0 Å². The molecule has 2 heterocycles. The number of esters is 2. The second kappa shape index (κ2) is 5.44. The van der Waals surface area contributed by atoms with Crippen molar-refractivity contribution >= 4 is 11.9 Å². The van der Waals surface area contributed by atoms with Crippen molar-refractivity contribution in [2.75, 3.05) is 0 Å². The first-order chi connectivity index (χ1) is 11.7. The third-order valence-corrected chi connectivity index (χ3v) is 6.63. The molecule has 0 spiro atoms. The van der Waals surface area contributed by atoms with E-state index in [4.69, 9.17) is 14.2 Å². The summed E-state index contributed by atoms with van der Waals surface area (Å²) in [6.45, 7) is 12.1. The second-order valence-electron chi connectivity index (χ2n) is 8.55. The summed E-state index contributed by atoms with van der Waals surface area (Å²) in [5, 5.41) is 0. The first kappa shape index (κ1) is 16.8. The maximum Gasteiger partial charge on any atom is 0.331 e. The zero-order chi connectivity index (χ0) is 18.1. The van der Waals surface area contributed by atoms with E-state index < -0.39 is 6.10 Å². The topological polar surface area (TPSA) is 65.1 Å². The molecule has 136 valence electrons. The van der Waals surface area contributed by atoms with E-state index in [1.165, 1.54) is 6.08 Å². The Labute approximate surface area is 148 Å². The molecule has 8 atom stereocenters. The first-order valence-corrected chi connectivity index (χ1v) is 9.14. The number of hydrogen-bond acceptors (Lipinski definition) is 5. The molecule has 0 N–H and O–H groups in total. The van der Waals surface area contributed by atoms with E-state index in [-0.39, 0.29) is 53.4 Å². The van der Waals surface area contributed by atoms with Gasteiger partial charge in [-0.15, -0.1) is 0 Å². The predicted molar refractivity (Wildman–Crippen MR) is 90.5 cm³/mol. The van der Waals surface area contributed by atoms with Crippen LogP contribution in [0.15, 0.2) is 23.8 Å². The van der Waals surface area contributed by atoms with E-state index in [0.717, 1.165) is 24.0 Å². The lowest BCUT2D eigenvalue weighted by Crippen LogP contribution is -2.54. The fourth-order valence-corrected chi connectivity index (χ4v) is 5.29. The van der Waals surface area contributed by atoms with Crippen molar-refractivity contribution in [3.8, 4) is 0 Å². The predicted octanol–water partition coefficient (Wildman–Crippen LogP) is 2.80. The van der Waals surface area contributed by atoms with E-state index in [1.807, 2.05) is 20.8 Å². The van der Waals surface area contributed by atoms with Crippen LogP contribution >= 0.6 is 0 Å². The Hall–Kier alpha value is -1.62. The van der Waals surface area contributed by atoms with Gasteiger partial charge in [-0.1, -0.05) is 26.0 Å². The lowest BCUT2D eigenvalue weighted by Gasteiger charge is -2.50. The van der Waals surface area contributed by atoms with Gasteiger partial charge in [0.1, 0.15) is 12.2 Å². The molecule has 0 aromatic rings. The molecule has 5 heteroatoms. The van der Waals surface area contributed by atoms with Gasteiger partial charge in [0.15, 0.2) is 6.10 Å². The van der Waals surface area contributed by atoms with Gasteiger partial charge in [-0.25, -0.2) is 4.79 Å². The highest BCUT2D eigenvalue weighted by molar-refractivity contribution is 5.83. The van der Waals surface area contributed by atoms with Crippen LogP contribution in [-0.2, 0) is 23.8 Å². The summed E-state index contributed by atoms with van der Waals surface area (Å²) in [6, 6.07) is 0. The van der Waals surface area contributed by atoms with Crippen LogP contribution in [0.3, 0.4) is 0 Å². The molecule has 4 aliphatic rings. The Bertz CT molecular complexity index is 676. The van der Waals surface area contributed by atoms with Gasteiger partial charge in [-0.2, -0.15) is 0 Å². The highest BCUT2D eigenvalue weighted by Crippen LogP contribution is 2.63. The normalized spacial score (nSPS) is 47.1. The highest BCUT2D eigenvalue weighted by Gasteiger charge is 2.70. The number of allylic oxidation sites excluding steroid dienone is 1. The van der Waals surface area contributed by atoms with E-state index >= 15 is 0 Å². The maximum atomic E-state index is 12.1. The minimum absolute atomic E-state index is 0.0200. The average Bonchev–Trinajstić information content (AvgIpc) is 3.26. The number of carbonyl (C=O) groups is 2. The number of fused-ring (bicyclic) bond motifs is 5. The largest absolute Gasteiger partial charge is 0.461 e. The fourth-order valence-electron chi connectivity index (χ4n) is 5.29. The lowest BCUT2D eigenvalue weighted by atomic mass is 9.54. The molecule has 0 amide bonds. The summed E-state index contributed by atoms with van der Waals surface area (Å²) >= 11 is 0. The van der Waals surface area contributed by atoms with Gasteiger partial charge in [-0.3, -0.25) is 4.79 Å². The van der Waals surface area contributed by atoms with E-state index in [9.17, 15) is 9.59 Å². The molecule has 0 aromatic heterocycles. The van der Waals surface area contributed by atoms with Crippen molar-refractivity contribution in [3.63, 3.8) is 0 Å². The molecule has 8 unspecified atom stereocenters. The number of epoxide rings is 1. The zero-order valence-corrected chi connectivity index (χ0v) is 15.3. The minimum Gasteiger partial charge on any atom is -0.461 e. The molecule has 5 nitrogen and oxygen atoms in total. The first-order valence-electron chi connectivity index (χ1n) is 9.14. The molecule has 0 aromatic carbocycles. The third-order valence-electron chi connectivity index (χ3n) is 6.63. The van der Waals surface area contributed by atoms with Crippen LogP contribution in [0.25, 0.3) is 0 Å². The molecule has 2 aliphatic heterocycles. The standard InChI is InChI=1S/C20H26O5/c1-9(2)8-13(21)23-15-11(4)14-16-12(10(3)19(22)25-16)6-7-20(14,5)18-17(15)24-18/h8,10,12,14-18H,4,6-7H2,1-3,5H3. The van der Waals surface area contributed by atoms with Gasteiger partial charge in [0.25, 0.3) is 0 Å². The Morgan fingerprint density at radius 3 is 2.76 bits per heavy atom. The maximum absolute atomic E-state index is 12.1. The summed E-state index contributed by atoms with van der Waals surface area (Å²) < 4.78 is 17.4. The van der Waals surface area contributed by atoms with Crippen LogP contribution in [0.2, 0.25) is 0 Å². The molecular formula is C20H26O5. The quantitative estimate of drug-likeness (QED) is 0.333. The summed E-state index contributed by atoms with van der Waals surface area (Å²) in [4.78, 5) is 24.2. The number of rotatable bonds is 2. The van der Waals surface area contributed by atoms with Gasteiger partial charge in [0, 0.05) is 23.3 Å². The summed E-state index contributed by atoms with van der Waals surface area (Å²) in [7, 11) is 0. The Kier molecular flexibility index (Phi) is 3.66. The molecular weight excluding hydrogens is 320 g/mol.